The fourth-order valence-electron chi connectivity index (χ4n) is 3.57. The molecular formula is C19H28N2O2. The molecule has 0 spiro atoms. The van der Waals surface area contributed by atoms with Gasteiger partial charge in [-0.2, -0.15) is 0 Å². The molecule has 0 aromatic heterocycles. The molecule has 4 nitrogen and oxygen atoms in total. The van der Waals surface area contributed by atoms with Gasteiger partial charge in [0.1, 0.15) is 5.60 Å². The van der Waals surface area contributed by atoms with E-state index in [1.54, 1.807) is 0 Å². The monoisotopic (exact) mass is 316 g/mol. The van der Waals surface area contributed by atoms with E-state index in [0.29, 0.717) is 6.04 Å². The lowest BCUT2D eigenvalue weighted by Gasteiger charge is -2.28. The molecule has 1 fully saturated rings. The Labute approximate surface area is 139 Å². The topological polar surface area (TPSA) is 41.6 Å². The zero-order valence-electron chi connectivity index (χ0n) is 14.5. The Bertz CT molecular complexity index is 571. The maximum atomic E-state index is 12.6. The van der Waals surface area contributed by atoms with E-state index < -0.39 is 5.60 Å². The molecule has 1 saturated heterocycles. The van der Waals surface area contributed by atoms with Gasteiger partial charge in [-0.05, 0) is 64.1 Å². The number of nitrogens with one attached hydrogen (secondary N) is 1. The van der Waals surface area contributed by atoms with Crippen molar-refractivity contribution >= 4 is 11.8 Å². The number of amides is 1. The summed E-state index contributed by atoms with van der Waals surface area (Å²) in [4.78, 5) is 14.4. The van der Waals surface area contributed by atoms with Crippen molar-refractivity contribution < 1.29 is 9.53 Å². The first-order valence-electron chi connectivity index (χ1n) is 8.79. The van der Waals surface area contributed by atoms with Crippen LogP contribution >= 0.6 is 0 Å². The van der Waals surface area contributed by atoms with Crippen LogP contribution in [-0.4, -0.2) is 30.8 Å². The number of carbonyl (C=O) groups is 1. The molecule has 23 heavy (non-hydrogen) atoms. The van der Waals surface area contributed by atoms with Crippen molar-refractivity contribution in [3.63, 3.8) is 0 Å². The average molecular weight is 316 g/mol. The van der Waals surface area contributed by atoms with Gasteiger partial charge in [0.2, 0.25) is 0 Å². The number of anilines is 1. The molecule has 2 aliphatic heterocycles. The van der Waals surface area contributed by atoms with E-state index in [4.69, 9.17) is 4.74 Å². The van der Waals surface area contributed by atoms with E-state index in [-0.39, 0.29) is 6.09 Å². The zero-order chi connectivity index (χ0) is 16.4. The summed E-state index contributed by atoms with van der Waals surface area (Å²) in [6.45, 7) is 7.58. The average Bonchev–Trinajstić information content (AvgIpc) is 2.92. The van der Waals surface area contributed by atoms with E-state index >= 15 is 0 Å². The predicted octanol–water partition coefficient (Wildman–Crippen LogP) is 3.67. The number of para-hydroxylation sites is 1. The minimum absolute atomic E-state index is 0.222. The maximum Gasteiger partial charge on any atom is 0.414 e. The number of fused-ring (bicyclic) bond motifs is 1. The van der Waals surface area contributed by atoms with Gasteiger partial charge in [-0.15, -0.1) is 0 Å². The first kappa shape index (κ1) is 16.3. The molecule has 0 radical (unpaired) electrons. The van der Waals surface area contributed by atoms with Gasteiger partial charge >= 0.3 is 6.09 Å². The third kappa shape index (κ3) is 3.86. The SMILES string of the molecule is CC(C)(C)OC(=O)N1CCc2cccc(CC3CCCCN3)c21. The van der Waals surface area contributed by atoms with Gasteiger partial charge in [-0.25, -0.2) is 4.79 Å². The molecule has 1 aromatic carbocycles. The number of carbonyl (C=O) groups excluding carboxylic acids is 1. The van der Waals surface area contributed by atoms with Crippen molar-refractivity contribution in [2.24, 2.45) is 0 Å². The number of ether oxygens (including phenoxy) is 1. The lowest BCUT2D eigenvalue weighted by atomic mass is 9.95. The van der Waals surface area contributed by atoms with E-state index in [2.05, 4.69) is 23.5 Å². The highest BCUT2D eigenvalue weighted by Gasteiger charge is 2.31. The standard InChI is InChI=1S/C19H28N2O2/c1-19(2,3)23-18(22)21-12-10-14-7-6-8-15(17(14)21)13-16-9-4-5-11-20-16/h6-8,16,20H,4-5,9-13H2,1-3H3. The van der Waals surface area contributed by atoms with Crippen LogP contribution in [0.15, 0.2) is 18.2 Å². The number of piperidine rings is 1. The number of nitrogens with zero attached hydrogens (tertiary/aromatic N) is 1. The first-order valence-corrected chi connectivity index (χ1v) is 8.79. The van der Waals surface area contributed by atoms with Crippen molar-refractivity contribution in [1.29, 1.82) is 0 Å². The molecule has 2 heterocycles. The van der Waals surface area contributed by atoms with Gasteiger partial charge in [0.25, 0.3) is 0 Å². The van der Waals surface area contributed by atoms with Crippen molar-refractivity contribution in [1.82, 2.24) is 5.32 Å². The number of hydrogen-bond acceptors (Lipinski definition) is 3. The number of hydrogen-bond donors (Lipinski definition) is 1. The van der Waals surface area contributed by atoms with Gasteiger partial charge < -0.3 is 10.1 Å². The second kappa shape index (κ2) is 6.52. The summed E-state index contributed by atoms with van der Waals surface area (Å²) in [5.41, 5.74) is 3.17. The molecular weight excluding hydrogens is 288 g/mol. The molecule has 1 N–H and O–H groups in total. The molecule has 0 bridgehead atoms. The summed E-state index contributed by atoms with van der Waals surface area (Å²) >= 11 is 0. The molecule has 0 saturated carbocycles. The van der Waals surface area contributed by atoms with Crippen molar-refractivity contribution in [3.05, 3.63) is 29.3 Å². The van der Waals surface area contributed by atoms with E-state index in [1.165, 1.54) is 30.4 Å². The Morgan fingerprint density at radius 1 is 1.35 bits per heavy atom. The van der Waals surface area contributed by atoms with Crippen LogP contribution in [-0.2, 0) is 17.6 Å². The molecule has 126 valence electrons. The zero-order valence-corrected chi connectivity index (χ0v) is 14.5. The van der Waals surface area contributed by atoms with Crippen LogP contribution in [0.1, 0.15) is 51.2 Å². The molecule has 4 heteroatoms. The van der Waals surface area contributed by atoms with Crippen LogP contribution < -0.4 is 10.2 Å². The highest BCUT2D eigenvalue weighted by molar-refractivity contribution is 5.91. The van der Waals surface area contributed by atoms with Crippen molar-refractivity contribution in [2.75, 3.05) is 18.0 Å². The Balaban J connectivity index is 1.81. The largest absolute Gasteiger partial charge is 0.443 e. The third-order valence-electron chi connectivity index (χ3n) is 4.57. The summed E-state index contributed by atoms with van der Waals surface area (Å²) < 4.78 is 5.59. The van der Waals surface area contributed by atoms with Crippen LogP contribution in [0.3, 0.4) is 0 Å². The number of rotatable bonds is 2. The van der Waals surface area contributed by atoms with Crippen LogP contribution in [0.2, 0.25) is 0 Å². The lowest BCUT2D eigenvalue weighted by molar-refractivity contribution is 0.0583. The predicted molar refractivity (Wildman–Crippen MR) is 93.1 cm³/mol. The van der Waals surface area contributed by atoms with E-state index in [9.17, 15) is 4.79 Å². The normalized spacial score (nSPS) is 21.2. The molecule has 3 rings (SSSR count). The van der Waals surface area contributed by atoms with Gasteiger partial charge in [-0.3, -0.25) is 4.90 Å². The van der Waals surface area contributed by atoms with Crippen LogP contribution in [0.4, 0.5) is 10.5 Å². The van der Waals surface area contributed by atoms with Crippen molar-refractivity contribution in [2.45, 2.75) is 64.5 Å². The molecule has 1 amide bonds. The number of benzene rings is 1. The first-order chi connectivity index (χ1) is 10.9. The minimum Gasteiger partial charge on any atom is -0.443 e. The lowest BCUT2D eigenvalue weighted by Crippen LogP contribution is -2.38. The third-order valence-corrected chi connectivity index (χ3v) is 4.57. The molecule has 1 aromatic rings. The molecule has 2 aliphatic rings. The summed E-state index contributed by atoms with van der Waals surface area (Å²) in [6.07, 6.45) is 5.47. The maximum absolute atomic E-state index is 12.6. The minimum atomic E-state index is -0.459. The summed E-state index contributed by atoms with van der Waals surface area (Å²) in [5.74, 6) is 0. The summed E-state index contributed by atoms with van der Waals surface area (Å²) in [6, 6.07) is 6.95. The van der Waals surface area contributed by atoms with Crippen molar-refractivity contribution in [3.8, 4) is 0 Å². The molecule has 1 unspecified atom stereocenters. The molecule has 1 atom stereocenters. The van der Waals surface area contributed by atoms with Gasteiger partial charge in [0, 0.05) is 12.6 Å². The smallest absolute Gasteiger partial charge is 0.414 e. The summed E-state index contributed by atoms with van der Waals surface area (Å²) in [5, 5.41) is 3.61. The Hall–Kier alpha value is -1.55. The van der Waals surface area contributed by atoms with Crippen LogP contribution in [0, 0.1) is 0 Å². The fourth-order valence-corrected chi connectivity index (χ4v) is 3.57. The van der Waals surface area contributed by atoms with Crippen LogP contribution in [0.5, 0.6) is 0 Å². The second-order valence-electron chi connectivity index (χ2n) is 7.66. The quantitative estimate of drug-likeness (QED) is 0.905. The Morgan fingerprint density at radius 2 is 2.17 bits per heavy atom. The van der Waals surface area contributed by atoms with Gasteiger partial charge in [0.15, 0.2) is 0 Å². The second-order valence-corrected chi connectivity index (χ2v) is 7.66. The highest BCUT2D eigenvalue weighted by atomic mass is 16.6. The van der Waals surface area contributed by atoms with Gasteiger partial charge in [0.05, 0.1) is 5.69 Å². The molecule has 0 aliphatic carbocycles. The Morgan fingerprint density at radius 3 is 2.87 bits per heavy atom. The van der Waals surface area contributed by atoms with Gasteiger partial charge in [-0.1, -0.05) is 24.6 Å². The Kier molecular flexibility index (Phi) is 4.62. The van der Waals surface area contributed by atoms with E-state index in [0.717, 1.165) is 31.6 Å². The summed E-state index contributed by atoms with van der Waals surface area (Å²) in [7, 11) is 0. The highest BCUT2D eigenvalue weighted by Crippen LogP contribution is 2.34. The van der Waals surface area contributed by atoms with E-state index in [1.807, 2.05) is 25.7 Å². The van der Waals surface area contributed by atoms with Crippen LogP contribution in [0.25, 0.3) is 0 Å². The fraction of sp³-hybridized carbons (Fsp3) is 0.632.